The van der Waals surface area contributed by atoms with E-state index in [9.17, 15) is 4.79 Å². The molecule has 0 N–H and O–H groups in total. The van der Waals surface area contributed by atoms with Gasteiger partial charge in [-0.15, -0.1) is 0 Å². The quantitative estimate of drug-likeness (QED) is 0.537. The molecule has 0 unspecified atom stereocenters. The highest BCUT2D eigenvalue weighted by molar-refractivity contribution is 5.87. The molecule has 0 fully saturated rings. The van der Waals surface area contributed by atoms with Crippen molar-refractivity contribution >= 4 is 12.0 Å². The normalized spacial score (nSPS) is 12.3. The Morgan fingerprint density at radius 3 is 2.17 bits per heavy atom. The number of hydrogen-bond donors (Lipinski definition) is 0. The topological polar surface area (TPSA) is 35.5 Å². The highest BCUT2D eigenvalue weighted by Crippen LogP contribution is 2.21. The molecule has 0 atom stereocenters. The number of carbonyl (C=O) groups is 1. The molecule has 1 rings (SSSR count). The largest absolute Gasteiger partial charge is 0.488 e. The van der Waals surface area contributed by atoms with Gasteiger partial charge >= 0.3 is 5.97 Å². The maximum absolute atomic E-state index is 11.6. The van der Waals surface area contributed by atoms with Crippen LogP contribution in [0.4, 0.5) is 0 Å². The molecule has 0 spiro atoms. The van der Waals surface area contributed by atoms with Crippen LogP contribution < -0.4 is 4.74 Å². The minimum atomic E-state index is -0.554. The van der Waals surface area contributed by atoms with Crippen LogP contribution in [0.5, 0.6) is 5.75 Å². The maximum Gasteiger partial charge on any atom is 0.333 e. The third kappa shape index (κ3) is 7.68. The lowest BCUT2D eigenvalue weighted by Gasteiger charge is -2.23. The average Bonchev–Trinajstić information content (AvgIpc) is 2.38. The van der Waals surface area contributed by atoms with Crippen molar-refractivity contribution in [1.82, 2.24) is 0 Å². The van der Waals surface area contributed by atoms with Crippen molar-refractivity contribution in [3.8, 4) is 5.75 Å². The Balaban J connectivity index is 2.60. The Morgan fingerprint density at radius 1 is 1.13 bits per heavy atom. The number of benzene rings is 1. The van der Waals surface area contributed by atoms with E-state index in [0.717, 1.165) is 11.3 Å². The minimum Gasteiger partial charge on any atom is -0.488 e. The van der Waals surface area contributed by atoms with Crippen LogP contribution in [-0.2, 0) is 9.53 Å². The van der Waals surface area contributed by atoms with Gasteiger partial charge in [-0.1, -0.05) is 30.9 Å². The molecular weight excluding hydrogens is 288 g/mol. The second kappa shape index (κ2) is 7.49. The molecule has 0 aliphatic rings. The first-order valence-corrected chi connectivity index (χ1v) is 7.83. The number of esters is 1. The SMILES string of the molecule is C=C(C)C(=O)OC(C)(C)CC=Cc1ccc(OC(C)(C)C)cc1. The lowest BCUT2D eigenvalue weighted by Crippen LogP contribution is -2.27. The first-order valence-electron chi connectivity index (χ1n) is 7.83. The fourth-order valence-electron chi connectivity index (χ4n) is 1.86. The smallest absolute Gasteiger partial charge is 0.333 e. The van der Waals surface area contributed by atoms with Gasteiger partial charge in [0, 0.05) is 12.0 Å². The summed E-state index contributed by atoms with van der Waals surface area (Å²) in [5, 5.41) is 0. The highest BCUT2D eigenvalue weighted by atomic mass is 16.6. The molecule has 0 aliphatic carbocycles. The summed E-state index contributed by atoms with van der Waals surface area (Å²) < 4.78 is 11.2. The van der Waals surface area contributed by atoms with Crippen LogP contribution in [0, 0.1) is 0 Å². The monoisotopic (exact) mass is 316 g/mol. The van der Waals surface area contributed by atoms with Gasteiger partial charge in [-0.05, 0) is 59.2 Å². The molecule has 0 aliphatic heterocycles. The number of carbonyl (C=O) groups excluding carboxylic acids is 1. The van der Waals surface area contributed by atoms with Crippen molar-refractivity contribution in [2.75, 3.05) is 0 Å². The van der Waals surface area contributed by atoms with E-state index in [1.165, 1.54) is 0 Å². The third-order valence-electron chi connectivity index (χ3n) is 2.94. The zero-order chi connectivity index (χ0) is 17.7. The van der Waals surface area contributed by atoms with Crippen molar-refractivity contribution in [2.24, 2.45) is 0 Å². The van der Waals surface area contributed by atoms with Crippen LogP contribution in [-0.4, -0.2) is 17.2 Å². The van der Waals surface area contributed by atoms with Gasteiger partial charge in [-0.25, -0.2) is 4.79 Å². The first kappa shape index (κ1) is 19.0. The second-order valence-electron chi connectivity index (χ2n) is 7.32. The Morgan fingerprint density at radius 2 is 1.70 bits per heavy atom. The molecule has 126 valence electrons. The molecule has 3 heteroatoms. The van der Waals surface area contributed by atoms with Gasteiger partial charge in [0.1, 0.15) is 17.0 Å². The molecule has 0 heterocycles. The molecule has 1 aromatic carbocycles. The van der Waals surface area contributed by atoms with E-state index in [1.807, 2.05) is 71.0 Å². The fraction of sp³-hybridized carbons (Fsp3) is 0.450. The predicted molar refractivity (Wildman–Crippen MR) is 95.5 cm³/mol. The van der Waals surface area contributed by atoms with Crippen LogP contribution in [0.2, 0.25) is 0 Å². The molecule has 1 aromatic rings. The van der Waals surface area contributed by atoms with Crippen molar-refractivity contribution in [3.63, 3.8) is 0 Å². The summed E-state index contributed by atoms with van der Waals surface area (Å²) in [6, 6.07) is 7.92. The Labute approximate surface area is 140 Å². The molecule has 0 aromatic heterocycles. The Bertz CT molecular complexity index is 572. The molecular formula is C20H28O3. The van der Waals surface area contributed by atoms with Crippen LogP contribution in [0.15, 0.2) is 42.5 Å². The van der Waals surface area contributed by atoms with E-state index in [4.69, 9.17) is 9.47 Å². The summed E-state index contributed by atoms with van der Waals surface area (Å²) in [5.41, 5.74) is 0.737. The molecule has 0 saturated heterocycles. The van der Waals surface area contributed by atoms with Gasteiger partial charge in [-0.3, -0.25) is 0 Å². The standard InChI is InChI=1S/C20H28O3/c1-15(2)18(21)23-20(6,7)14-8-9-16-10-12-17(13-11-16)22-19(3,4)5/h8-13H,1,14H2,2-7H3. The van der Waals surface area contributed by atoms with E-state index in [1.54, 1.807) is 6.92 Å². The lowest BCUT2D eigenvalue weighted by molar-refractivity contribution is -0.151. The van der Waals surface area contributed by atoms with Crippen LogP contribution in [0.3, 0.4) is 0 Å². The van der Waals surface area contributed by atoms with Gasteiger partial charge in [-0.2, -0.15) is 0 Å². The van der Waals surface area contributed by atoms with Gasteiger partial charge < -0.3 is 9.47 Å². The number of ether oxygens (including phenoxy) is 2. The third-order valence-corrected chi connectivity index (χ3v) is 2.94. The van der Waals surface area contributed by atoms with Gasteiger partial charge in [0.15, 0.2) is 0 Å². The molecule has 3 nitrogen and oxygen atoms in total. The van der Waals surface area contributed by atoms with E-state index in [2.05, 4.69) is 6.58 Å². The van der Waals surface area contributed by atoms with Crippen LogP contribution >= 0.6 is 0 Å². The summed E-state index contributed by atoms with van der Waals surface area (Å²) in [6.07, 6.45) is 4.65. The Hall–Kier alpha value is -2.03. The summed E-state index contributed by atoms with van der Waals surface area (Å²) in [4.78, 5) is 11.6. The second-order valence-corrected chi connectivity index (χ2v) is 7.32. The summed E-state index contributed by atoms with van der Waals surface area (Å²) in [6.45, 7) is 15.1. The highest BCUT2D eigenvalue weighted by Gasteiger charge is 2.21. The fourth-order valence-corrected chi connectivity index (χ4v) is 1.86. The van der Waals surface area contributed by atoms with Crippen molar-refractivity contribution in [3.05, 3.63) is 48.1 Å². The minimum absolute atomic E-state index is 0.200. The van der Waals surface area contributed by atoms with E-state index in [-0.39, 0.29) is 11.6 Å². The van der Waals surface area contributed by atoms with E-state index >= 15 is 0 Å². The molecule has 0 radical (unpaired) electrons. The average molecular weight is 316 g/mol. The summed E-state index contributed by atoms with van der Waals surface area (Å²) in [5.74, 6) is 0.498. The van der Waals surface area contributed by atoms with Gasteiger partial charge in [0.25, 0.3) is 0 Å². The Kier molecular flexibility index (Phi) is 6.20. The van der Waals surface area contributed by atoms with Crippen molar-refractivity contribution < 1.29 is 14.3 Å². The molecule has 0 saturated carbocycles. The zero-order valence-electron chi connectivity index (χ0n) is 15.1. The van der Waals surface area contributed by atoms with E-state index in [0.29, 0.717) is 12.0 Å². The van der Waals surface area contributed by atoms with Crippen molar-refractivity contribution in [1.29, 1.82) is 0 Å². The van der Waals surface area contributed by atoms with Crippen LogP contribution in [0.25, 0.3) is 6.08 Å². The molecule has 0 amide bonds. The maximum atomic E-state index is 11.6. The first-order chi connectivity index (χ1) is 10.5. The van der Waals surface area contributed by atoms with Gasteiger partial charge in [0.05, 0.1) is 0 Å². The predicted octanol–water partition coefficient (Wildman–Crippen LogP) is 5.17. The number of rotatable bonds is 6. The van der Waals surface area contributed by atoms with Crippen molar-refractivity contribution in [2.45, 2.75) is 59.2 Å². The molecule has 23 heavy (non-hydrogen) atoms. The van der Waals surface area contributed by atoms with E-state index < -0.39 is 5.60 Å². The van der Waals surface area contributed by atoms with Gasteiger partial charge in [0.2, 0.25) is 0 Å². The molecule has 0 bridgehead atoms. The lowest BCUT2D eigenvalue weighted by atomic mass is 10.0. The number of hydrogen-bond acceptors (Lipinski definition) is 3. The summed E-state index contributed by atoms with van der Waals surface area (Å²) in [7, 11) is 0. The zero-order valence-corrected chi connectivity index (χ0v) is 15.1. The summed E-state index contributed by atoms with van der Waals surface area (Å²) >= 11 is 0. The van der Waals surface area contributed by atoms with Crippen LogP contribution in [0.1, 0.15) is 53.5 Å².